The molecule has 2 rings (SSSR count). The lowest BCUT2D eigenvalue weighted by Crippen LogP contribution is -2.34. The number of hydrogen-bond acceptors (Lipinski definition) is 2. The molecule has 0 bridgehead atoms. The van der Waals surface area contributed by atoms with Crippen molar-refractivity contribution in [3.63, 3.8) is 0 Å². The zero-order valence-corrected chi connectivity index (χ0v) is 9.10. The molecule has 2 fully saturated rings. The third kappa shape index (κ3) is 2.27. The molecular weight excluding hydrogens is 211 g/mol. The average molecular weight is 227 g/mol. The van der Waals surface area contributed by atoms with E-state index in [0.717, 1.165) is 19.4 Å². The molecule has 0 aromatic carbocycles. The molecule has 0 aromatic rings. The highest BCUT2D eigenvalue weighted by Gasteiger charge is 2.42. The third-order valence-corrected chi connectivity index (χ3v) is 2.92. The molecule has 3 nitrogen and oxygen atoms in total. The second kappa shape index (κ2) is 5.03. The van der Waals surface area contributed by atoms with Gasteiger partial charge in [0.1, 0.15) is 0 Å². The van der Waals surface area contributed by atoms with E-state index in [0.29, 0.717) is 0 Å². The summed E-state index contributed by atoms with van der Waals surface area (Å²) in [5.74, 6) is 0.220. The average Bonchev–Trinajstić information content (AvgIpc) is 2.36. The maximum atomic E-state index is 11.4. The summed E-state index contributed by atoms with van der Waals surface area (Å²) in [5.41, 5.74) is 5.59. The number of carbonyl (C=O) groups excluding carboxylic acids is 1. The largest absolute Gasteiger partial charge is 0.291 e. The van der Waals surface area contributed by atoms with Gasteiger partial charge in [-0.2, -0.15) is 0 Å². The Kier molecular flexibility index (Phi) is 5.04. The van der Waals surface area contributed by atoms with E-state index in [1.54, 1.807) is 0 Å². The molecule has 1 aliphatic carbocycles. The molecule has 1 spiro atoms. The van der Waals surface area contributed by atoms with Crippen molar-refractivity contribution in [2.24, 2.45) is 5.41 Å². The van der Waals surface area contributed by atoms with E-state index in [-0.39, 0.29) is 36.1 Å². The molecule has 0 radical (unpaired) electrons. The van der Waals surface area contributed by atoms with Gasteiger partial charge in [0.25, 0.3) is 0 Å². The van der Waals surface area contributed by atoms with Gasteiger partial charge in [0.2, 0.25) is 5.91 Å². The van der Waals surface area contributed by atoms with Crippen LogP contribution in [0.25, 0.3) is 0 Å². The van der Waals surface area contributed by atoms with Gasteiger partial charge in [-0.25, -0.2) is 5.43 Å². The topological polar surface area (TPSA) is 41.1 Å². The van der Waals surface area contributed by atoms with Crippen LogP contribution in [0.15, 0.2) is 0 Å². The summed E-state index contributed by atoms with van der Waals surface area (Å²) in [6, 6.07) is 0. The van der Waals surface area contributed by atoms with Crippen molar-refractivity contribution < 1.29 is 4.79 Å². The first-order chi connectivity index (χ1) is 5.33. The molecule has 5 heteroatoms. The Bertz CT molecular complexity index is 181. The van der Waals surface area contributed by atoms with E-state index in [9.17, 15) is 4.79 Å². The van der Waals surface area contributed by atoms with Crippen LogP contribution in [0, 0.1) is 5.41 Å². The van der Waals surface area contributed by atoms with Crippen LogP contribution in [-0.4, -0.2) is 12.5 Å². The van der Waals surface area contributed by atoms with Gasteiger partial charge >= 0.3 is 0 Å². The Labute approximate surface area is 90.8 Å². The van der Waals surface area contributed by atoms with Crippen molar-refractivity contribution in [3.05, 3.63) is 0 Å². The van der Waals surface area contributed by atoms with Crippen LogP contribution in [0.1, 0.15) is 32.1 Å². The third-order valence-electron chi connectivity index (χ3n) is 2.92. The van der Waals surface area contributed by atoms with Gasteiger partial charge in [-0.15, -0.1) is 24.8 Å². The Morgan fingerprint density at radius 2 is 1.69 bits per heavy atom. The van der Waals surface area contributed by atoms with Gasteiger partial charge in [0, 0.05) is 6.54 Å². The molecule has 1 heterocycles. The van der Waals surface area contributed by atoms with Gasteiger partial charge in [-0.05, 0) is 12.8 Å². The van der Waals surface area contributed by atoms with Crippen molar-refractivity contribution >= 4 is 30.7 Å². The standard InChI is InChI=1S/C8H14N2O.2ClH/c11-7-8(6-9-10-7)4-2-1-3-5-8;;/h9H,1-6H2,(H,10,11);2*1H. The molecule has 2 N–H and O–H groups in total. The van der Waals surface area contributed by atoms with Crippen molar-refractivity contribution in [1.29, 1.82) is 0 Å². The molecule has 0 atom stereocenters. The highest BCUT2D eigenvalue weighted by molar-refractivity contribution is 5.85. The van der Waals surface area contributed by atoms with Crippen LogP contribution in [0.2, 0.25) is 0 Å². The number of carbonyl (C=O) groups is 1. The monoisotopic (exact) mass is 226 g/mol. The minimum absolute atomic E-state index is 0. The number of halogens is 2. The number of amides is 1. The summed E-state index contributed by atoms with van der Waals surface area (Å²) < 4.78 is 0. The van der Waals surface area contributed by atoms with Gasteiger partial charge in [-0.1, -0.05) is 19.3 Å². The summed E-state index contributed by atoms with van der Waals surface area (Å²) >= 11 is 0. The van der Waals surface area contributed by atoms with E-state index in [1.165, 1.54) is 19.3 Å². The van der Waals surface area contributed by atoms with Crippen LogP contribution < -0.4 is 10.9 Å². The molecule has 1 saturated heterocycles. The SMILES string of the molecule is Cl.Cl.O=C1NNCC12CCCCC2. The lowest BCUT2D eigenvalue weighted by atomic mass is 9.74. The van der Waals surface area contributed by atoms with Crippen LogP contribution >= 0.6 is 24.8 Å². The highest BCUT2D eigenvalue weighted by Crippen LogP contribution is 2.37. The van der Waals surface area contributed by atoms with Crippen LogP contribution in [-0.2, 0) is 4.79 Å². The van der Waals surface area contributed by atoms with E-state index < -0.39 is 0 Å². The summed E-state index contributed by atoms with van der Waals surface area (Å²) in [6.45, 7) is 0.839. The second-order valence-corrected chi connectivity index (χ2v) is 3.65. The first-order valence-electron chi connectivity index (χ1n) is 4.37. The van der Waals surface area contributed by atoms with Gasteiger partial charge < -0.3 is 0 Å². The quantitative estimate of drug-likeness (QED) is 0.657. The normalized spacial score (nSPS) is 24.5. The van der Waals surface area contributed by atoms with E-state index >= 15 is 0 Å². The van der Waals surface area contributed by atoms with E-state index in [4.69, 9.17) is 0 Å². The molecule has 2 aliphatic rings. The smallest absolute Gasteiger partial charge is 0.241 e. The van der Waals surface area contributed by atoms with Gasteiger partial charge in [0.05, 0.1) is 5.41 Å². The highest BCUT2D eigenvalue weighted by atomic mass is 35.5. The van der Waals surface area contributed by atoms with E-state index in [2.05, 4.69) is 10.9 Å². The Balaban J connectivity index is 0.000000720. The molecule has 0 unspecified atom stereocenters. The number of nitrogens with one attached hydrogen (secondary N) is 2. The Morgan fingerprint density at radius 1 is 1.08 bits per heavy atom. The maximum Gasteiger partial charge on any atom is 0.241 e. The summed E-state index contributed by atoms with van der Waals surface area (Å²) in [7, 11) is 0. The minimum atomic E-state index is -0.0295. The summed E-state index contributed by atoms with van der Waals surface area (Å²) in [5, 5.41) is 0. The number of hydrazine groups is 1. The maximum absolute atomic E-state index is 11.4. The molecular formula is C8H16Cl2N2O. The zero-order valence-electron chi connectivity index (χ0n) is 7.47. The Morgan fingerprint density at radius 3 is 2.15 bits per heavy atom. The van der Waals surface area contributed by atoms with Crippen molar-refractivity contribution in [2.45, 2.75) is 32.1 Å². The van der Waals surface area contributed by atoms with Gasteiger partial charge in [-0.3, -0.25) is 10.2 Å². The lowest BCUT2D eigenvalue weighted by molar-refractivity contribution is -0.128. The lowest BCUT2D eigenvalue weighted by Gasteiger charge is -2.28. The Hall–Kier alpha value is 0.01000. The molecule has 78 valence electrons. The first kappa shape index (κ1) is 13.0. The van der Waals surface area contributed by atoms with Gasteiger partial charge in [0.15, 0.2) is 0 Å². The fraction of sp³-hybridized carbons (Fsp3) is 0.875. The molecule has 13 heavy (non-hydrogen) atoms. The predicted molar refractivity (Wildman–Crippen MR) is 56.2 cm³/mol. The van der Waals surface area contributed by atoms with Crippen molar-refractivity contribution in [2.75, 3.05) is 6.54 Å². The summed E-state index contributed by atoms with van der Waals surface area (Å²) in [4.78, 5) is 11.4. The molecule has 1 saturated carbocycles. The van der Waals surface area contributed by atoms with Crippen molar-refractivity contribution in [3.8, 4) is 0 Å². The number of rotatable bonds is 0. The fourth-order valence-electron chi connectivity index (χ4n) is 2.14. The van der Waals surface area contributed by atoms with E-state index in [1.807, 2.05) is 0 Å². The van der Waals surface area contributed by atoms with Crippen molar-refractivity contribution in [1.82, 2.24) is 10.9 Å². The zero-order chi connectivity index (χ0) is 7.73. The minimum Gasteiger partial charge on any atom is -0.291 e. The molecule has 1 amide bonds. The van der Waals surface area contributed by atoms with Crippen LogP contribution in [0.3, 0.4) is 0 Å². The molecule has 0 aromatic heterocycles. The molecule has 1 aliphatic heterocycles. The van der Waals surface area contributed by atoms with Crippen LogP contribution in [0.4, 0.5) is 0 Å². The number of hydrogen-bond donors (Lipinski definition) is 2. The summed E-state index contributed by atoms with van der Waals surface area (Å²) in [6.07, 6.45) is 5.89. The second-order valence-electron chi connectivity index (χ2n) is 3.65. The van der Waals surface area contributed by atoms with Crippen LogP contribution in [0.5, 0.6) is 0 Å². The first-order valence-corrected chi connectivity index (χ1v) is 4.37. The fourth-order valence-corrected chi connectivity index (χ4v) is 2.14. The predicted octanol–water partition coefficient (Wildman–Crippen LogP) is 1.41.